The molecule has 0 spiro atoms. The highest BCUT2D eigenvalue weighted by atomic mass is 16.3. The van der Waals surface area contributed by atoms with E-state index in [-0.39, 0.29) is 0 Å². The molecular formula is C10H14O2. The van der Waals surface area contributed by atoms with Crippen LogP contribution in [0.15, 0.2) is 12.2 Å². The molecular weight excluding hydrogens is 152 g/mol. The molecule has 0 aromatic carbocycles. The van der Waals surface area contributed by atoms with Crippen molar-refractivity contribution in [1.82, 2.24) is 0 Å². The van der Waals surface area contributed by atoms with E-state index in [1.54, 1.807) is 0 Å². The van der Waals surface area contributed by atoms with Crippen molar-refractivity contribution in [3.05, 3.63) is 12.2 Å². The summed E-state index contributed by atoms with van der Waals surface area (Å²) < 4.78 is 0. The minimum Gasteiger partial charge on any atom is -0.390 e. The Morgan fingerprint density at radius 2 is 1.75 bits per heavy atom. The highest BCUT2D eigenvalue weighted by Crippen LogP contribution is 2.56. The highest BCUT2D eigenvalue weighted by Gasteiger charge is 2.56. The quantitative estimate of drug-likeness (QED) is 0.516. The summed E-state index contributed by atoms with van der Waals surface area (Å²) in [6.45, 7) is 0. The van der Waals surface area contributed by atoms with E-state index in [2.05, 4.69) is 12.2 Å². The van der Waals surface area contributed by atoms with Crippen molar-refractivity contribution < 1.29 is 10.2 Å². The van der Waals surface area contributed by atoms with Crippen molar-refractivity contribution in [2.45, 2.75) is 25.0 Å². The van der Waals surface area contributed by atoms with Crippen molar-refractivity contribution in [2.75, 3.05) is 0 Å². The first-order chi connectivity index (χ1) is 5.79. The molecule has 0 aromatic heterocycles. The van der Waals surface area contributed by atoms with Crippen molar-refractivity contribution >= 4 is 0 Å². The van der Waals surface area contributed by atoms with Crippen LogP contribution in [0.25, 0.3) is 0 Å². The molecule has 2 bridgehead atoms. The second kappa shape index (κ2) is 2.12. The van der Waals surface area contributed by atoms with Crippen molar-refractivity contribution in [3.63, 3.8) is 0 Å². The summed E-state index contributed by atoms with van der Waals surface area (Å²) in [5.74, 6) is 1.96. The van der Waals surface area contributed by atoms with E-state index in [0.29, 0.717) is 23.7 Å². The third kappa shape index (κ3) is 0.639. The Kier molecular flexibility index (Phi) is 1.25. The van der Waals surface area contributed by atoms with Crippen LogP contribution in [0, 0.1) is 23.7 Å². The zero-order valence-corrected chi connectivity index (χ0v) is 6.93. The van der Waals surface area contributed by atoms with Gasteiger partial charge in [-0.25, -0.2) is 0 Å². The lowest BCUT2D eigenvalue weighted by Gasteiger charge is -2.32. The number of aliphatic hydroxyl groups is 2. The molecule has 0 aliphatic heterocycles. The molecule has 3 rings (SSSR count). The first-order valence-electron chi connectivity index (χ1n) is 4.82. The minimum atomic E-state index is -0.445. The molecule has 6 unspecified atom stereocenters. The van der Waals surface area contributed by atoms with Gasteiger partial charge in [0.25, 0.3) is 0 Å². The Morgan fingerprint density at radius 3 is 2.58 bits per heavy atom. The van der Waals surface area contributed by atoms with Crippen LogP contribution in [0.5, 0.6) is 0 Å². The first-order valence-corrected chi connectivity index (χ1v) is 4.82. The Hall–Kier alpha value is -0.340. The van der Waals surface area contributed by atoms with Gasteiger partial charge in [0.1, 0.15) is 0 Å². The van der Waals surface area contributed by atoms with Crippen LogP contribution in [0.3, 0.4) is 0 Å². The maximum Gasteiger partial charge on any atom is 0.0835 e. The van der Waals surface area contributed by atoms with E-state index in [0.717, 1.165) is 12.8 Å². The Morgan fingerprint density at radius 1 is 1.00 bits per heavy atom. The van der Waals surface area contributed by atoms with Gasteiger partial charge in [-0.3, -0.25) is 0 Å². The van der Waals surface area contributed by atoms with Gasteiger partial charge in [0, 0.05) is 0 Å². The lowest BCUT2D eigenvalue weighted by atomic mass is 9.78. The fourth-order valence-electron chi connectivity index (χ4n) is 3.53. The lowest BCUT2D eigenvalue weighted by Crippen LogP contribution is -2.39. The minimum absolute atomic E-state index is 0.355. The molecule has 6 atom stereocenters. The molecule has 0 saturated heterocycles. The molecule has 3 aliphatic rings. The van der Waals surface area contributed by atoms with E-state index in [9.17, 15) is 10.2 Å². The van der Waals surface area contributed by atoms with Gasteiger partial charge in [-0.05, 0) is 36.5 Å². The highest BCUT2D eigenvalue weighted by molar-refractivity contribution is 5.16. The fourth-order valence-corrected chi connectivity index (χ4v) is 3.53. The monoisotopic (exact) mass is 166 g/mol. The normalized spacial score (nSPS) is 61.2. The smallest absolute Gasteiger partial charge is 0.0835 e. The zero-order chi connectivity index (χ0) is 8.29. The SMILES string of the molecule is OC1C(O)C2CC1C1C=CCC12. The lowest BCUT2D eigenvalue weighted by molar-refractivity contribution is -0.0447. The van der Waals surface area contributed by atoms with Gasteiger partial charge in [-0.1, -0.05) is 12.2 Å². The number of hydrogen-bond acceptors (Lipinski definition) is 2. The molecule has 66 valence electrons. The number of fused-ring (bicyclic) bond motifs is 5. The Balaban J connectivity index is 1.95. The summed E-state index contributed by atoms with van der Waals surface area (Å²) in [6, 6.07) is 0. The standard InChI is InChI=1S/C10H14O2/c11-9-7-4-8(10(9)12)6-3-1-2-5(6)7/h1-2,5-12H,3-4H2. The van der Waals surface area contributed by atoms with Crippen molar-refractivity contribution in [2.24, 2.45) is 23.7 Å². The second-order valence-corrected chi connectivity index (χ2v) is 4.45. The van der Waals surface area contributed by atoms with E-state index in [1.165, 1.54) is 0 Å². The van der Waals surface area contributed by atoms with Gasteiger partial charge in [0.05, 0.1) is 12.2 Å². The molecule has 3 aliphatic carbocycles. The van der Waals surface area contributed by atoms with Gasteiger partial charge in [-0.2, -0.15) is 0 Å². The molecule has 0 radical (unpaired) electrons. The zero-order valence-electron chi connectivity index (χ0n) is 6.93. The Bertz CT molecular complexity index is 236. The number of rotatable bonds is 0. The molecule has 0 amide bonds. The van der Waals surface area contributed by atoms with Crippen LogP contribution in [0.1, 0.15) is 12.8 Å². The third-order valence-corrected chi connectivity index (χ3v) is 4.08. The van der Waals surface area contributed by atoms with Gasteiger partial charge in [0.15, 0.2) is 0 Å². The number of allylic oxidation sites excluding steroid dienone is 2. The van der Waals surface area contributed by atoms with Gasteiger partial charge in [0.2, 0.25) is 0 Å². The summed E-state index contributed by atoms with van der Waals surface area (Å²) in [6.07, 6.45) is 5.73. The van der Waals surface area contributed by atoms with Crippen LogP contribution in [0.2, 0.25) is 0 Å². The molecule has 2 nitrogen and oxygen atoms in total. The van der Waals surface area contributed by atoms with E-state index < -0.39 is 12.2 Å². The molecule has 2 heteroatoms. The molecule has 12 heavy (non-hydrogen) atoms. The molecule has 2 N–H and O–H groups in total. The molecule has 2 saturated carbocycles. The van der Waals surface area contributed by atoms with Crippen LogP contribution >= 0.6 is 0 Å². The van der Waals surface area contributed by atoms with Gasteiger partial charge >= 0.3 is 0 Å². The third-order valence-electron chi connectivity index (χ3n) is 4.08. The summed E-state index contributed by atoms with van der Waals surface area (Å²) in [5.41, 5.74) is 0. The summed E-state index contributed by atoms with van der Waals surface area (Å²) in [5, 5.41) is 19.3. The fraction of sp³-hybridized carbons (Fsp3) is 0.800. The molecule has 2 fully saturated rings. The van der Waals surface area contributed by atoms with Crippen LogP contribution in [-0.2, 0) is 0 Å². The van der Waals surface area contributed by atoms with Crippen LogP contribution < -0.4 is 0 Å². The molecule has 0 heterocycles. The van der Waals surface area contributed by atoms with E-state index in [1.807, 2.05) is 0 Å². The van der Waals surface area contributed by atoms with E-state index >= 15 is 0 Å². The summed E-state index contributed by atoms with van der Waals surface area (Å²) >= 11 is 0. The average Bonchev–Trinajstić information content (AvgIpc) is 2.63. The maximum absolute atomic E-state index is 9.66. The predicted octanol–water partition coefficient (Wildman–Crippen LogP) is 0.550. The van der Waals surface area contributed by atoms with Crippen molar-refractivity contribution in [1.29, 1.82) is 0 Å². The number of hydrogen-bond donors (Lipinski definition) is 2. The number of aliphatic hydroxyl groups excluding tert-OH is 2. The van der Waals surface area contributed by atoms with Crippen LogP contribution in [0.4, 0.5) is 0 Å². The van der Waals surface area contributed by atoms with E-state index in [4.69, 9.17) is 0 Å². The predicted molar refractivity (Wildman–Crippen MR) is 44.3 cm³/mol. The second-order valence-electron chi connectivity index (χ2n) is 4.45. The largest absolute Gasteiger partial charge is 0.390 e. The maximum atomic E-state index is 9.66. The molecule has 0 aromatic rings. The Labute approximate surface area is 71.9 Å². The topological polar surface area (TPSA) is 40.5 Å². The summed E-state index contributed by atoms with van der Waals surface area (Å²) in [4.78, 5) is 0. The summed E-state index contributed by atoms with van der Waals surface area (Å²) in [7, 11) is 0. The van der Waals surface area contributed by atoms with Gasteiger partial charge < -0.3 is 10.2 Å². The van der Waals surface area contributed by atoms with Crippen molar-refractivity contribution in [3.8, 4) is 0 Å². The van der Waals surface area contributed by atoms with Gasteiger partial charge in [-0.15, -0.1) is 0 Å². The average molecular weight is 166 g/mol. The van der Waals surface area contributed by atoms with Crippen LogP contribution in [-0.4, -0.2) is 22.4 Å². The first kappa shape index (κ1) is 7.10.